The molecule has 7 heteroatoms. The molecule has 1 unspecified atom stereocenters. The third-order valence-electron chi connectivity index (χ3n) is 3.32. The zero-order valence-electron chi connectivity index (χ0n) is 12.6. The van der Waals surface area contributed by atoms with Crippen LogP contribution in [0.4, 0.5) is 0 Å². The van der Waals surface area contributed by atoms with E-state index >= 15 is 0 Å². The maximum absolute atomic E-state index is 12.5. The SMILES string of the molecule is Cc1ccc(-n2cc(C(=O)C(C#N)c3nc(C)cs3)nn2)cc1. The van der Waals surface area contributed by atoms with Gasteiger partial charge in [-0.25, -0.2) is 9.67 Å². The van der Waals surface area contributed by atoms with Crippen molar-refractivity contribution in [3.63, 3.8) is 0 Å². The standard InChI is InChI=1S/C16H13N5OS/c1-10-3-5-12(6-4-10)21-8-14(19-20-21)15(22)13(7-17)16-18-11(2)9-23-16/h3-6,8-9,13H,1-2H3. The van der Waals surface area contributed by atoms with Gasteiger partial charge >= 0.3 is 0 Å². The number of Topliss-reactive ketones (excluding diaryl/α,β-unsaturated/α-hetero) is 1. The van der Waals surface area contributed by atoms with E-state index in [-0.39, 0.29) is 11.5 Å². The summed E-state index contributed by atoms with van der Waals surface area (Å²) >= 11 is 1.30. The quantitative estimate of drug-likeness (QED) is 0.689. The van der Waals surface area contributed by atoms with Crippen molar-refractivity contribution in [1.82, 2.24) is 20.0 Å². The van der Waals surface area contributed by atoms with Crippen LogP contribution in [-0.2, 0) is 0 Å². The Morgan fingerprint density at radius 2 is 2.04 bits per heavy atom. The van der Waals surface area contributed by atoms with Gasteiger partial charge in [0.25, 0.3) is 0 Å². The molecule has 0 saturated heterocycles. The van der Waals surface area contributed by atoms with Gasteiger partial charge in [0, 0.05) is 11.1 Å². The van der Waals surface area contributed by atoms with E-state index in [0.717, 1.165) is 16.9 Å². The minimum absolute atomic E-state index is 0.157. The summed E-state index contributed by atoms with van der Waals surface area (Å²) in [5.41, 5.74) is 2.89. The van der Waals surface area contributed by atoms with Crippen molar-refractivity contribution in [2.45, 2.75) is 19.8 Å². The van der Waals surface area contributed by atoms with E-state index in [1.807, 2.05) is 49.6 Å². The Morgan fingerprint density at radius 1 is 1.30 bits per heavy atom. The maximum Gasteiger partial charge on any atom is 0.208 e. The Kier molecular flexibility index (Phi) is 4.00. The average molecular weight is 323 g/mol. The lowest BCUT2D eigenvalue weighted by Crippen LogP contribution is -2.11. The molecule has 0 N–H and O–H groups in total. The van der Waals surface area contributed by atoms with Crippen LogP contribution in [0, 0.1) is 25.2 Å². The molecule has 6 nitrogen and oxygen atoms in total. The average Bonchev–Trinajstić information content (AvgIpc) is 3.18. The van der Waals surface area contributed by atoms with Crippen molar-refractivity contribution in [1.29, 1.82) is 5.26 Å². The highest BCUT2D eigenvalue weighted by Gasteiger charge is 2.27. The first kappa shape index (κ1) is 15.1. The maximum atomic E-state index is 12.5. The molecular weight excluding hydrogens is 310 g/mol. The third kappa shape index (κ3) is 3.03. The number of nitrogens with zero attached hydrogens (tertiary/aromatic N) is 5. The summed E-state index contributed by atoms with van der Waals surface area (Å²) < 4.78 is 1.52. The van der Waals surface area contributed by atoms with E-state index in [1.54, 1.807) is 0 Å². The number of benzene rings is 1. The highest BCUT2D eigenvalue weighted by molar-refractivity contribution is 7.10. The smallest absolute Gasteiger partial charge is 0.208 e. The highest BCUT2D eigenvalue weighted by atomic mass is 32.1. The Hall–Kier alpha value is -2.85. The van der Waals surface area contributed by atoms with Gasteiger partial charge in [-0.3, -0.25) is 4.79 Å². The molecule has 0 aliphatic rings. The molecule has 0 saturated carbocycles. The molecule has 0 aliphatic heterocycles. The fourth-order valence-electron chi connectivity index (χ4n) is 2.08. The summed E-state index contributed by atoms with van der Waals surface area (Å²) in [6, 6.07) is 9.70. The Bertz CT molecular complexity index is 888. The van der Waals surface area contributed by atoms with Crippen molar-refractivity contribution in [2.75, 3.05) is 0 Å². The molecule has 3 aromatic rings. The summed E-state index contributed by atoms with van der Waals surface area (Å²) in [5.74, 6) is -1.34. The van der Waals surface area contributed by atoms with Gasteiger partial charge in [0.1, 0.15) is 5.01 Å². The number of ketones is 1. The highest BCUT2D eigenvalue weighted by Crippen LogP contribution is 2.23. The summed E-state index contributed by atoms with van der Waals surface area (Å²) in [4.78, 5) is 16.7. The summed E-state index contributed by atoms with van der Waals surface area (Å²) in [6.07, 6.45) is 1.54. The van der Waals surface area contributed by atoms with Crippen LogP contribution in [0.2, 0.25) is 0 Å². The van der Waals surface area contributed by atoms with Gasteiger partial charge in [0.2, 0.25) is 5.78 Å². The third-order valence-corrected chi connectivity index (χ3v) is 4.35. The molecule has 114 valence electrons. The van der Waals surface area contributed by atoms with E-state index in [0.29, 0.717) is 5.01 Å². The number of hydrogen-bond acceptors (Lipinski definition) is 6. The Morgan fingerprint density at radius 3 is 2.65 bits per heavy atom. The van der Waals surface area contributed by atoms with Crippen LogP contribution >= 0.6 is 11.3 Å². The van der Waals surface area contributed by atoms with Crippen LogP contribution in [0.5, 0.6) is 0 Å². The van der Waals surface area contributed by atoms with E-state index in [4.69, 9.17) is 0 Å². The van der Waals surface area contributed by atoms with Gasteiger partial charge in [-0.1, -0.05) is 22.9 Å². The van der Waals surface area contributed by atoms with Crippen LogP contribution < -0.4 is 0 Å². The van der Waals surface area contributed by atoms with Gasteiger partial charge in [0.15, 0.2) is 11.6 Å². The first-order valence-electron chi connectivity index (χ1n) is 6.93. The number of thiazole rings is 1. The van der Waals surface area contributed by atoms with Crippen molar-refractivity contribution in [3.05, 3.63) is 57.8 Å². The van der Waals surface area contributed by atoms with Crippen LogP contribution in [0.15, 0.2) is 35.8 Å². The molecule has 0 amide bonds. The Balaban J connectivity index is 1.88. The number of aromatic nitrogens is 4. The van der Waals surface area contributed by atoms with Gasteiger partial charge < -0.3 is 0 Å². The van der Waals surface area contributed by atoms with Crippen molar-refractivity contribution in [3.8, 4) is 11.8 Å². The molecule has 0 fully saturated rings. The normalized spacial score (nSPS) is 11.9. The Labute approximate surface area is 137 Å². The molecule has 0 bridgehead atoms. The predicted molar refractivity (Wildman–Crippen MR) is 85.6 cm³/mol. The zero-order valence-corrected chi connectivity index (χ0v) is 13.4. The number of nitriles is 1. The van der Waals surface area contributed by atoms with E-state index < -0.39 is 5.92 Å². The number of carbonyl (C=O) groups excluding carboxylic acids is 1. The van der Waals surface area contributed by atoms with Crippen molar-refractivity contribution >= 4 is 17.1 Å². The number of hydrogen-bond donors (Lipinski definition) is 0. The molecular formula is C16H13N5OS. The molecule has 1 atom stereocenters. The van der Waals surface area contributed by atoms with E-state index in [2.05, 4.69) is 15.3 Å². The number of rotatable bonds is 4. The first-order chi connectivity index (χ1) is 11.1. The molecule has 0 aliphatic carbocycles. The fraction of sp³-hybridized carbons (Fsp3) is 0.188. The van der Waals surface area contributed by atoms with Crippen molar-refractivity contribution in [2.24, 2.45) is 0 Å². The minimum atomic E-state index is -0.947. The lowest BCUT2D eigenvalue weighted by molar-refractivity contribution is 0.0974. The minimum Gasteiger partial charge on any atom is -0.290 e. The summed E-state index contributed by atoms with van der Waals surface area (Å²) in [6.45, 7) is 3.82. The molecule has 23 heavy (non-hydrogen) atoms. The van der Waals surface area contributed by atoms with Gasteiger partial charge in [0.05, 0.1) is 18.0 Å². The number of carbonyl (C=O) groups is 1. The van der Waals surface area contributed by atoms with Crippen LogP contribution in [-0.4, -0.2) is 25.8 Å². The van der Waals surface area contributed by atoms with Gasteiger partial charge in [-0.2, -0.15) is 5.26 Å². The monoisotopic (exact) mass is 323 g/mol. The van der Waals surface area contributed by atoms with Crippen LogP contribution in [0.1, 0.15) is 32.7 Å². The predicted octanol–water partition coefficient (Wildman–Crippen LogP) is 2.83. The second-order valence-corrected chi connectivity index (χ2v) is 6.03. The summed E-state index contributed by atoms with van der Waals surface area (Å²) in [5, 5.41) is 19.5. The van der Waals surface area contributed by atoms with Crippen molar-refractivity contribution < 1.29 is 4.79 Å². The molecule has 0 spiro atoms. The van der Waals surface area contributed by atoms with Gasteiger partial charge in [-0.05, 0) is 26.0 Å². The van der Waals surface area contributed by atoms with Gasteiger partial charge in [-0.15, -0.1) is 16.4 Å². The second-order valence-electron chi connectivity index (χ2n) is 5.14. The lowest BCUT2D eigenvalue weighted by Gasteiger charge is -2.01. The largest absolute Gasteiger partial charge is 0.290 e. The molecule has 2 aromatic heterocycles. The summed E-state index contributed by atoms with van der Waals surface area (Å²) in [7, 11) is 0. The molecule has 3 rings (SSSR count). The van der Waals surface area contributed by atoms with Crippen LogP contribution in [0.3, 0.4) is 0 Å². The van der Waals surface area contributed by atoms with E-state index in [9.17, 15) is 10.1 Å². The fourth-order valence-corrected chi connectivity index (χ4v) is 2.92. The topological polar surface area (TPSA) is 84.5 Å². The second kappa shape index (κ2) is 6.10. The number of aryl methyl sites for hydroxylation is 2. The zero-order chi connectivity index (χ0) is 16.4. The molecule has 1 aromatic carbocycles. The lowest BCUT2D eigenvalue weighted by atomic mass is 10.0. The van der Waals surface area contributed by atoms with Crippen LogP contribution in [0.25, 0.3) is 5.69 Å². The molecule has 0 radical (unpaired) electrons. The molecule has 2 heterocycles. The first-order valence-corrected chi connectivity index (χ1v) is 7.81. The van der Waals surface area contributed by atoms with E-state index in [1.165, 1.54) is 22.2 Å².